The molecule has 0 saturated carbocycles. The van der Waals surface area contributed by atoms with E-state index in [4.69, 9.17) is 0 Å². The van der Waals surface area contributed by atoms with E-state index >= 15 is 0 Å². The summed E-state index contributed by atoms with van der Waals surface area (Å²) in [7, 11) is 0. The standard InChI is InChI=1S/C18H20F3N3OS/c1-11(2)10-22-16(25)12(3)26-17-23-14(13-7-5-4-6-8-13)9-15(24-17)18(19,20)21/h4-9,11-12H,10H2,1-3H3,(H,22,25). The van der Waals surface area contributed by atoms with Crippen LogP contribution >= 0.6 is 11.8 Å². The fourth-order valence-corrected chi connectivity index (χ4v) is 2.85. The van der Waals surface area contributed by atoms with Crippen LogP contribution in [0.15, 0.2) is 41.6 Å². The highest BCUT2D eigenvalue weighted by Crippen LogP contribution is 2.32. The number of rotatable bonds is 6. The van der Waals surface area contributed by atoms with Gasteiger partial charge in [0, 0.05) is 12.1 Å². The predicted octanol–water partition coefficient (Wildman–Crippen LogP) is 4.42. The van der Waals surface area contributed by atoms with Crippen molar-refractivity contribution >= 4 is 17.7 Å². The summed E-state index contributed by atoms with van der Waals surface area (Å²) in [4.78, 5) is 19.9. The van der Waals surface area contributed by atoms with Gasteiger partial charge in [0.15, 0.2) is 5.16 Å². The number of alkyl halides is 3. The lowest BCUT2D eigenvalue weighted by Crippen LogP contribution is -2.33. The van der Waals surface area contributed by atoms with Crippen LogP contribution in [0, 0.1) is 5.92 Å². The van der Waals surface area contributed by atoms with Gasteiger partial charge in [-0.05, 0) is 18.9 Å². The van der Waals surface area contributed by atoms with Crippen molar-refractivity contribution in [1.82, 2.24) is 15.3 Å². The Balaban J connectivity index is 2.28. The van der Waals surface area contributed by atoms with Crippen LogP contribution in [-0.2, 0) is 11.0 Å². The number of nitrogens with one attached hydrogen (secondary N) is 1. The number of amides is 1. The van der Waals surface area contributed by atoms with Gasteiger partial charge in [-0.15, -0.1) is 0 Å². The average molecular weight is 383 g/mol. The van der Waals surface area contributed by atoms with Crippen molar-refractivity contribution in [3.8, 4) is 11.3 Å². The van der Waals surface area contributed by atoms with E-state index in [-0.39, 0.29) is 22.7 Å². The largest absolute Gasteiger partial charge is 0.433 e. The zero-order valence-electron chi connectivity index (χ0n) is 14.7. The molecule has 1 heterocycles. The van der Waals surface area contributed by atoms with E-state index in [1.165, 1.54) is 0 Å². The number of halogens is 3. The second kappa shape index (κ2) is 8.53. The maximum Gasteiger partial charge on any atom is 0.433 e. The van der Waals surface area contributed by atoms with Crippen LogP contribution < -0.4 is 5.32 Å². The Morgan fingerprint density at radius 1 is 1.15 bits per heavy atom. The third-order valence-electron chi connectivity index (χ3n) is 3.40. The first-order valence-corrected chi connectivity index (χ1v) is 9.01. The maximum absolute atomic E-state index is 13.2. The van der Waals surface area contributed by atoms with E-state index in [2.05, 4.69) is 15.3 Å². The van der Waals surface area contributed by atoms with Crippen LogP contribution in [0.2, 0.25) is 0 Å². The average Bonchev–Trinajstić information content (AvgIpc) is 2.59. The van der Waals surface area contributed by atoms with Gasteiger partial charge < -0.3 is 5.32 Å². The van der Waals surface area contributed by atoms with E-state index in [1.807, 2.05) is 13.8 Å². The van der Waals surface area contributed by atoms with Gasteiger partial charge in [0.1, 0.15) is 5.69 Å². The number of carbonyl (C=O) groups excluding carboxylic acids is 1. The summed E-state index contributed by atoms with van der Waals surface area (Å²) in [5, 5.41) is 2.07. The molecule has 2 aromatic rings. The van der Waals surface area contributed by atoms with Gasteiger partial charge in [-0.1, -0.05) is 55.9 Å². The summed E-state index contributed by atoms with van der Waals surface area (Å²) in [5.41, 5.74) is -0.298. The SMILES string of the molecule is CC(C)CNC(=O)C(C)Sc1nc(-c2ccccc2)cc(C(F)(F)F)n1. The fourth-order valence-electron chi connectivity index (χ4n) is 2.04. The first-order valence-electron chi connectivity index (χ1n) is 8.13. The number of aromatic nitrogens is 2. The van der Waals surface area contributed by atoms with Crippen molar-refractivity contribution in [2.75, 3.05) is 6.54 Å². The van der Waals surface area contributed by atoms with Crippen LogP contribution in [0.1, 0.15) is 26.5 Å². The van der Waals surface area contributed by atoms with E-state index < -0.39 is 17.1 Å². The summed E-state index contributed by atoms with van der Waals surface area (Å²) in [6.07, 6.45) is -4.59. The molecule has 1 atom stereocenters. The van der Waals surface area contributed by atoms with E-state index in [0.29, 0.717) is 12.1 Å². The number of carbonyl (C=O) groups is 1. The van der Waals surface area contributed by atoms with Gasteiger partial charge in [-0.2, -0.15) is 13.2 Å². The Hall–Kier alpha value is -2.09. The Bertz CT molecular complexity index is 751. The Labute approximate surface area is 154 Å². The molecule has 140 valence electrons. The first kappa shape index (κ1) is 20.2. The van der Waals surface area contributed by atoms with Crippen LogP contribution in [0.5, 0.6) is 0 Å². The summed E-state index contributed by atoms with van der Waals surface area (Å²) in [6, 6.07) is 9.49. The number of benzene rings is 1. The van der Waals surface area contributed by atoms with Crippen molar-refractivity contribution in [2.45, 2.75) is 37.4 Å². The summed E-state index contributed by atoms with van der Waals surface area (Å²) in [5.74, 6) is 0.0246. The van der Waals surface area contributed by atoms with Crippen LogP contribution in [0.3, 0.4) is 0 Å². The second-order valence-electron chi connectivity index (χ2n) is 6.18. The molecule has 1 aromatic heterocycles. The third kappa shape index (κ3) is 5.72. The molecule has 0 bridgehead atoms. The highest BCUT2D eigenvalue weighted by atomic mass is 32.2. The topological polar surface area (TPSA) is 54.9 Å². The van der Waals surface area contributed by atoms with Crippen molar-refractivity contribution in [2.24, 2.45) is 5.92 Å². The van der Waals surface area contributed by atoms with Gasteiger partial charge in [-0.3, -0.25) is 4.79 Å². The molecule has 0 aliphatic heterocycles. The molecule has 0 radical (unpaired) electrons. The van der Waals surface area contributed by atoms with Gasteiger partial charge in [0.25, 0.3) is 0 Å². The van der Waals surface area contributed by atoms with E-state index in [9.17, 15) is 18.0 Å². The molecule has 1 amide bonds. The minimum Gasteiger partial charge on any atom is -0.355 e. The van der Waals surface area contributed by atoms with Crippen molar-refractivity contribution < 1.29 is 18.0 Å². The van der Waals surface area contributed by atoms with Crippen LogP contribution in [0.4, 0.5) is 13.2 Å². The molecule has 8 heteroatoms. The smallest absolute Gasteiger partial charge is 0.355 e. The molecule has 26 heavy (non-hydrogen) atoms. The lowest BCUT2D eigenvalue weighted by Gasteiger charge is -2.14. The van der Waals surface area contributed by atoms with Crippen LogP contribution in [-0.4, -0.2) is 27.7 Å². The molecule has 0 aliphatic rings. The number of nitrogens with zero attached hydrogens (tertiary/aromatic N) is 2. The lowest BCUT2D eigenvalue weighted by molar-refractivity contribution is -0.141. The fraction of sp³-hybridized carbons (Fsp3) is 0.389. The Morgan fingerprint density at radius 2 is 1.81 bits per heavy atom. The minimum absolute atomic E-state index is 0.0779. The van der Waals surface area contributed by atoms with Crippen LogP contribution in [0.25, 0.3) is 11.3 Å². The zero-order chi connectivity index (χ0) is 19.3. The molecule has 1 aromatic carbocycles. The van der Waals surface area contributed by atoms with Gasteiger partial charge in [-0.25, -0.2) is 9.97 Å². The monoisotopic (exact) mass is 383 g/mol. The Kier molecular flexibility index (Phi) is 6.63. The van der Waals surface area contributed by atoms with Gasteiger partial charge in [0.05, 0.1) is 10.9 Å². The van der Waals surface area contributed by atoms with E-state index in [1.54, 1.807) is 37.3 Å². The summed E-state index contributed by atoms with van der Waals surface area (Å²) < 4.78 is 39.6. The number of thioether (sulfide) groups is 1. The summed E-state index contributed by atoms with van der Waals surface area (Å²) >= 11 is 0.908. The number of hydrogen-bond acceptors (Lipinski definition) is 4. The Morgan fingerprint density at radius 3 is 2.38 bits per heavy atom. The molecule has 1 N–H and O–H groups in total. The molecule has 4 nitrogen and oxygen atoms in total. The molecule has 1 unspecified atom stereocenters. The summed E-state index contributed by atoms with van der Waals surface area (Å²) in [6.45, 7) is 6.04. The molecular formula is C18H20F3N3OS. The molecule has 0 aliphatic carbocycles. The molecule has 2 rings (SSSR count). The quantitative estimate of drug-likeness (QED) is 0.593. The lowest BCUT2D eigenvalue weighted by atomic mass is 10.1. The van der Waals surface area contributed by atoms with Crippen molar-refractivity contribution in [3.05, 3.63) is 42.1 Å². The van der Waals surface area contributed by atoms with E-state index in [0.717, 1.165) is 17.8 Å². The first-order chi connectivity index (χ1) is 12.2. The number of hydrogen-bond donors (Lipinski definition) is 1. The maximum atomic E-state index is 13.2. The third-order valence-corrected chi connectivity index (χ3v) is 4.36. The zero-order valence-corrected chi connectivity index (χ0v) is 15.5. The molecule has 0 fully saturated rings. The predicted molar refractivity (Wildman–Crippen MR) is 95.6 cm³/mol. The molecular weight excluding hydrogens is 363 g/mol. The van der Waals surface area contributed by atoms with Crippen molar-refractivity contribution in [3.63, 3.8) is 0 Å². The van der Waals surface area contributed by atoms with Crippen molar-refractivity contribution in [1.29, 1.82) is 0 Å². The van der Waals surface area contributed by atoms with Gasteiger partial charge >= 0.3 is 6.18 Å². The minimum atomic E-state index is -4.59. The van der Waals surface area contributed by atoms with Gasteiger partial charge in [0.2, 0.25) is 5.91 Å². The molecule has 0 saturated heterocycles. The highest BCUT2D eigenvalue weighted by Gasteiger charge is 2.34. The highest BCUT2D eigenvalue weighted by molar-refractivity contribution is 8.00. The second-order valence-corrected chi connectivity index (χ2v) is 7.49. The normalized spacial score (nSPS) is 12.9. The molecule has 0 spiro atoms.